The normalized spacial score (nSPS) is 12.3. The van der Waals surface area contributed by atoms with Crippen LogP contribution >= 0.6 is 15.9 Å². The fourth-order valence-corrected chi connectivity index (χ4v) is 1.83. The number of carbonyl (C=O) groups excluding carboxylic acids is 1. The van der Waals surface area contributed by atoms with Gasteiger partial charge in [0.25, 0.3) is 5.91 Å². The monoisotopic (exact) mass is 270 g/mol. The Labute approximate surface area is 98.2 Å². The Bertz CT molecular complexity index is 364. The van der Waals surface area contributed by atoms with Gasteiger partial charge in [-0.05, 0) is 47.5 Å². The van der Waals surface area contributed by atoms with E-state index in [1.165, 1.54) is 0 Å². The maximum Gasteiger partial charge on any atom is 0.252 e. The van der Waals surface area contributed by atoms with Gasteiger partial charge in [0.05, 0.1) is 5.56 Å². The van der Waals surface area contributed by atoms with Crippen molar-refractivity contribution in [2.45, 2.75) is 19.9 Å². The van der Waals surface area contributed by atoms with Gasteiger partial charge in [0.1, 0.15) is 0 Å². The first-order chi connectivity index (χ1) is 7.00. The van der Waals surface area contributed by atoms with Gasteiger partial charge < -0.3 is 11.1 Å². The summed E-state index contributed by atoms with van der Waals surface area (Å²) in [6, 6.07) is 5.60. The molecule has 0 spiro atoms. The third-order valence-electron chi connectivity index (χ3n) is 1.95. The molecule has 0 saturated carbocycles. The SMILES string of the molecule is Cc1ccc(C(=O)NCC(C)N)c(Br)c1. The maximum atomic E-state index is 11.7. The smallest absolute Gasteiger partial charge is 0.252 e. The molecule has 3 N–H and O–H groups in total. The molecule has 3 nitrogen and oxygen atoms in total. The second-order valence-corrected chi connectivity index (χ2v) is 4.52. The molecule has 0 aromatic heterocycles. The molecule has 1 unspecified atom stereocenters. The van der Waals surface area contributed by atoms with E-state index in [-0.39, 0.29) is 11.9 Å². The molecule has 1 rings (SSSR count). The summed E-state index contributed by atoms with van der Waals surface area (Å²) >= 11 is 3.36. The molecule has 1 aromatic carbocycles. The fraction of sp³-hybridized carbons (Fsp3) is 0.364. The number of rotatable bonds is 3. The number of carbonyl (C=O) groups is 1. The molecular weight excluding hydrogens is 256 g/mol. The van der Waals surface area contributed by atoms with E-state index in [0.717, 1.165) is 10.0 Å². The van der Waals surface area contributed by atoms with Crippen LogP contribution in [-0.4, -0.2) is 18.5 Å². The highest BCUT2D eigenvalue weighted by molar-refractivity contribution is 9.10. The van der Waals surface area contributed by atoms with Crippen LogP contribution in [0.1, 0.15) is 22.8 Å². The minimum absolute atomic E-state index is 0.0295. The second-order valence-electron chi connectivity index (χ2n) is 3.67. The molecule has 0 radical (unpaired) electrons. The third-order valence-corrected chi connectivity index (χ3v) is 2.61. The van der Waals surface area contributed by atoms with E-state index in [4.69, 9.17) is 5.73 Å². The van der Waals surface area contributed by atoms with Gasteiger partial charge in [0.2, 0.25) is 0 Å². The predicted molar refractivity (Wildman–Crippen MR) is 64.9 cm³/mol. The highest BCUT2D eigenvalue weighted by Crippen LogP contribution is 2.17. The standard InChI is InChI=1S/C11H15BrN2O/c1-7-3-4-9(10(12)5-7)11(15)14-6-8(2)13/h3-5,8H,6,13H2,1-2H3,(H,14,15). The van der Waals surface area contributed by atoms with Crippen molar-refractivity contribution in [3.8, 4) is 0 Å². The molecule has 0 saturated heterocycles. The summed E-state index contributed by atoms with van der Waals surface area (Å²) in [6.45, 7) is 4.32. The summed E-state index contributed by atoms with van der Waals surface area (Å²) in [6.07, 6.45) is 0. The molecule has 1 atom stereocenters. The molecule has 0 fully saturated rings. The Morgan fingerprint density at radius 3 is 2.80 bits per heavy atom. The van der Waals surface area contributed by atoms with Crippen LogP contribution in [0.25, 0.3) is 0 Å². The lowest BCUT2D eigenvalue weighted by atomic mass is 10.1. The number of aryl methyl sites for hydroxylation is 1. The van der Waals surface area contributed by atoms with Gasteiger partial charge in [-0.1, -0.05) is 6.07 Å². The second kappa shape index (κ2) is 5.28. The first-order valence-electron chi connectivity index (χ1n) is 4.80. The highest BCUT2D eigenvalue weighted by atomic mass is 79.9. The zero-order valence-electron chi connectivity index (χ0n) is 8.88. The Morgan fingerprint density at radius 2 is 2.27 bits per heavy atom. The Balaban J connectivity index is 2.74. The Morgan fingerprint density at radius 1 is 1.60 bits per heavy atom. The third kappa shape index (κ3) is 3.64. The van der Waals surface area contributed by atoms with Crippen molar-refractivity contribution < 1.29 is 4.79 Å². The lowest BCUT2D eigenvalue weighted by Gasteiger charge is -2.09. The lowest BCUT2D eigenvalue weighted by Crippen LogP contribution is -2.35. The summed E-state index contributed by atoms with van der Waals surface area (Å²) in [5, 5.41) is 2.76. The van der Waals surface area contributed by atoms with E-state index >= 15 is 0 Å². The molecule has 0 aliphatic carbocycles. The first-order valence-corrected chi connectivity index (χ1v) is 5.60. The summed E-state index contributed by atoms with van der Waals surface area (Å²) in [7, 11) is 0. The Hall–Kier alpha value is -0.870. The number of halogens is 1. The number of benzene rings is 1. The van der Waals surface area contributed by atoms with Gasteiger partial charge in [-0.2, -0.15) is 0 Å². The number of amides is 1. The largest absolute Gasteiger partial charge is 0.350 e. The summed E-state index contributed by atoms with van der Waals surface area (Å²) in [5.41, 5.74) is 7.31. The van der Waals surface area contributed by atoms with E-state index in [2.05, 4.69) is 21.2 Å². The van der Waals surface area contributed by atoms with Gasteiger partial charge in [-0.15, -0.1) is 0 Å². The van der Waals surface area contributed by atoms with Gasteiger partial charge >= 0.3 is 0 Å². The van der Waals surface area contributed by atoms with Gasteiger partial charge in [-0.3, -0.25) is 4.79 Å². The lowest BCUT2D eigenvalue weighted by molar-refractivity contribution is 0.0951. The number of hydrogen-bond donors (Lipinski definition) is 2. The van der Waals surface area contributed by atoms with Gasteiger partial charge in [-0.25, -0.2) is 0 Å². The quantitative estimate of drug-likeness (QED) is 0.881. The summed E-state index contributed by atoms with van der Waals surface area (Å²) < 4.78 is 0.810. The average molecular weight is 271 g/mol. The molecule has 0 aliphatic rings. The number of nitrogens with one attached hydrogen (secondary N) is 1. The molecule has 15 heavy (non-hydrogen) atoms. The van der Waals surface area contributed by atoms with Crippen molar-refractivity contribution in [2.24, 2.45) is 5.73 Å². The topological polar surface area (TPSA) is 55.1 Å². The molecular formula is C11H15BrN2O. The van der Waals surface area contributed by atoms with Crippen molar-refractivity contribution in [1.82, 2.24) is 5.32 Å². The van der Waals surface area contributed by atoms with Crippen LogP contribution in [0.5, 0.6) is 0 Å². The maximum absolute atomic E-state index is 11.7. The zero-order valence-corrected chi connectivity index (χ0v) is 10.5. The molecule has 1 amide bonds. The van der Waals surface area contributed by atoms with Crippen molar-refractivity contribution in [3.63, 3.8) is 0 Å². The minimum Gasteiger partial charge on any atom is -0.350 e. The average Bonchev–Trinajstić information content (AvgIpc) is 2.14. The van der Waals surface area contributed by atoms with E-state index in [1.807, 2.05) is 26.0 Å². The molecule has 4 heteroatoms. The fourth-order valence-electron chi connectivity index (χ4n) is 1.15. The van der Waals surface area contributed by atoms with Crippen molar-refractivity contribution in [3.05, 3.63) is 33.8 Å². The highest BCUT2D eigenvalue weighted by Gasteiger charge is 2.09. The van der Waals surface area contributed by atoms with E-state index < -0.39 is 0 Å². The van der Waals surface area contributed by atoms with Crippen LogP contribution in [0.2, 0.25) is 0 Å². The number of nitrogens with two attached hydrogens (primary N) is 1. The zero-order chi connectivity index (χ0) is 11.4. The van der Waals surface area contributed by atoms with Crippen LogP contribution in [0.4, 0.5) is 0 Å². The molecule has 0 heterocycles. The van der Waals surface area contributed by atoms with E-state index in [0.29, 0.717) is 12.1 Å². The van der Waals surface area contributed by atoms with Gasteiger partial charge in [0, 0.05) is 17.1 Å². The van der Waals surface area contributed by atoms with Crippen LogP contribution in [-0.2, 0) is 0 Å². The Kier molecular flexibility index (Phi) is 4.29. The molecule has 1 aromatic rings. The van der Waals surface area contributed by atoms with Crippen molar-refractivity contribution in [2.75, 3.05) is 6.54 Å². The van der Waals surface area contributed by atoms with Crippen LogP contribution in [0, 0.1) is 6.92 Å². The molecule has 0 bridgehead atoms. The first kappa shape index (κ1) is 12.2. The predicted octanol–water partition coefficient (Wildman–Crippen LogP) is 1.83. The molecule has 0 aliphatic heterocycles. The van der Waals surface area contributed by atoms with Crippen LogP contribution < -0.4 is 11.1 Å². The summed E-state index contributed by atoms with van der Waals surface area (Å²) in [4.78, 5) is 11.7. The van der Waals surface area contributed by atoms with E-state index in [9.17, 15) is 4.79 Å². The van der Waals surface area contributed by atoms with E-state index in [1.54, 1.807) is 6.07 Å². The van der Waals surface area contributed by atoms with Crippen molar-refractivity contribution in [1.29, 1.82) is 0 Å². The van der Waals surface area contributed by atoms with Crippen LogP contribution in [0.3, 0.4) is 0 Å². The molecule has 82 valence electrons. The number of hydrogen-bond acceptors (Lipinski definition) is 2. The van der Waals surface area contributed by atoms with Crippen molar-refractivity contribution >= 4 is 21.8 Å². The summed E-state index contributed by atoms with van der Waals surface area (Å²) in [5.74, 6) is -0.0980. The minimum atomic E-state index is -0.0980. The van der Waals surface area contributed by atoms with Crippen LogP contribution in [0.15, 0.2) is 22.7 Å². The van der Waals surface area contributed by atoms with Gasteiger partial charge in [0.15, 0.2) is 0 Å².